The maximum Gasteiger partial charge on any atom is 0.205 e. The number of thiophene rings is 1. The molecule has 3 heteroatoms. The van der Waals surface area contributed by atoms with Crippen molar-refractivity contribution >= 4 is 28.0 Å². The van der Waals surface area contributed by atoms with Crippen molar-refractivity contribution in [1.82, 2.24) is 4.98 Å². The van der Waals surface area contributed by atoms with Gasteiger partial charge in [0.2, 0.25) is 5.78 Å². The summed E-state index contributed by atoms with van der Waals surface area (Å²) in [7, 11) is 0. The minimum atomic E-state index is 0.157. The molecule has 0 unspecified atom stereocenters. The highest BCUT2D eigenvalue weighted by Gasteiger charge is 2.21. The standard InChI is InChI=1S/C17H15NOS/c1-10-4-2-6-13-16(10)12(9-18-13)17(19)15-8-11-5-3-7-14(11)20-15/h2,4,6,8-9,18H,3,5,7H2,1H3. The van der Waals surface area contributed by atoms with Crippen LogP contribution >= 0.6 is 11.3 Å². The van der Waals surface area contributed by atoms with Crippen molar-refractivity contribution in [2.45, 2.75) is 26.2 Å². The third-order valence-electron chi connectivity index (χ3n) is 4.13. The van der Waals surface area contributed by atoms with E-state index in [4.69, 9.17) is 0 Å². The molecule has 0 fully saturated rings. The first-order valence-corrected chi connectivity index (χ1v) is 7.78. The van der Waals surface area contributed by atoms with Crippen LogP contribution in [0.3, 0.4) is 0 Å². The van der Waals surface area contributed by atoms with E-state index < -0.39 is 0 Å². The summed E-state index contributed by atoms with van der Waals surface area (Å²) in [4.78, 5) is 18.3. The zero-order chi connectivity index (χ0) is 13.7. The van der Waals surface area contributed by atoms with Gasteiger partial charge in [-0.3, -0.25) is 4.79 Å². The van der Waals surface area contributed by atoms with Crippen LogP contribution in [0.25, 0.3) is 10.9 Å². The SMILES string of the molecule is Cc1cccc2[nH]cc(C(=O)c3cc4c(s3)CCC4)c12. The van der Waals surface area contributed by atoms with Gasteiger partial charge in [0.25, 0.3) is 0 Å². The topological polar surface area (TPSA) is 32.9 Å². The number of rotatable bonds is 2. The first kappa shape index (κ1) is 11.9. The number of hydrogen-bond donors (Lipinski definition) is 1. The molecular weight excluding hydrogens is 266 g/mol. The van der Waals surface area contributed by atoms with Crippen molar-refractivity contribution in [3.63, 3.8) is 0 Å². The molecule has 0 amide bonds. The number of fused-ring (bicyclic) bond motifs is 2. The highest BCUT2D eigenvalue weighted by molar-refractivity contribution is 7.14. The molecule has 0 bridgehead atoms. The van der Waals surface area contributed by atoms with E-state index in [9.17, 15) is 4.79 Å². The highest BCUT2D eigenvalue weighted by Crippen LogP contribution is 2.33. The normalized spacial score (nSPS) is 13.8. The molecule has 0 atom stereocenters. The molecular formula is C17H15NOS. The van der Waals surface area contributed by atoms with Gasteiger partial charge in [-0.15, -0.1) is 11.3 Å². The van der Waals surface area contributed by atoms with Crippen LogP contribution in [0.2, 0.25) is 0 Å². The smallest absolute Gasteiger partial charge is 0.205 e. The first-order chi connectivity index (χ1) is 9.74. The summed E-state index contributed by atoms with van der Waals surface area (Å²) in [6.07, 6.45) is 5.36. The molecule has 0 saturated carbocycles. The van der Waals surface area contributed by atoms with Gasteiger partial charge in [0.1, 0.15) is 0 Å². The fraction of sp³-hybridized carbons (Fsp3) is 0.235. The minimum Gasteiger partial charge on any atom is -0.360 e. The third-order valence-corrected chi connectivity index (χ3v) is 5.37. The molecule has 1 N–H and O–H groups in total. The van der Waals surface area contributed by atoms with E-state index in [0.717, 1.165) is 39.7 Å². The molecule has 0 saturated heterocycles. The number of ketones is 1. The number of H-pyrrole nitrogens is 1. The van der Waals surface area contributed by atoms with Crippen LogP contribution in [0, 0.1) is 6.92 Å². The van der Waals surface area contributed by atoms with Crippen LogP contribution in [0.5, 0.6) is 0 Å². The Morgan fingerprint density at radius 2 is 2.20 bits per heavy atom. The molecule has 4 rings (SSSR count). The second-order valence-electron chi connectivity index (χ2n) is 5.44. The van der Waals surface area contributed by atoms with Crippen molar-refractivity contribution in [3.8, 4) is 0 Å². The molecule has 1 aromatic carbocycles. The summed E-state index contributed by atoms with van der Waals surface area (Å²) in [5.41, 5.74) is 4.38. The van der Waals surface area contributed by atoms with E-state index in [0.29, 0.717) is 0 Å². The van der Waals surface area contributed by atoms with E-state index >= 15 is 0 Å². The van der Waals surface area contributed by atoms with Crippen LogP contribution in [0.15, 0.2) is 30.5 Å². The molecule has 0 aliphatic heterocycles. The predicted octanol–water partition coefficient (Wildman–Crippen LogP) is 4.26. The maximum atomic E-state index is 12.8. The molecule has 2 nitrogen and oxygen atoms in total. The fourth-order valence-electron chi connectivity index (χ4n) is 3.12. The lowest BCUT2D eigenvalue weighted by molar-refractivity contribution is 0.104. The first-order valence-electron chi connectivity index (χ1n) is 6.97. The van der Waals surface area contributed by atoms with E-state index in [2.05, 4.69) is 24.0 Å². The Kier molecular flexibility index (Phi) is 2.57. The van der Waals surface area contributed by atoms with Crippen molar-refractivity contribution in [1.29, 1.82) is 0 Å². The number of aryl methyl sites for hydroxylation is 3. The van der Waals surface area contributed by atoms with Gasteiger partial charge in [-0.1, -0.05) is 12.1 Å². The average Bonchev–Trinajstić information content (AvgIpc) is 3.11. The Balaban J connectivity index is 1.84. The van der Waals surface area contributed by atoms with Crippen LogP contribution < -0.4 is 0 Å². The molecule has 20 heavy (non-hydrogen) atoms. The zero-order valence-electron chi connectivity index (χ0n) is 11.3. The van der Waals surface area contributed by atoms with Crippen molar-refractivity contribution in [3.05, 3.63) is 56.9 Å². The van der Waals surface area contributed by atoms with Crippen molar-refractivity contribution in [2.24, 2.45) is 0 Å². The molecule has 1 aliphatic carbocycles. The molecule has 100 valence electrons. The number of hydrogen-bond acceptors (Lipinski definition) is 2. The molecule has 1 aliphatic rings. The summed E-state index contributed by atoms with van der Waals surface area (Å²) in [6, 6.07) is 8.20. The van der Waals surface area contributed by atoms with E-state index in [1.165, 1.54) is 16.9 Å². The summed E-state index contributed by atoms with van der Waals surface area (Å²) >= 11 is 1.68. The van der Waals surface area contributed by atoms with Gasteiger partial charge in [0, 0.05) is 27.5 Å². The van der Waals surface area contributed by atoms with Gasteiger partial charge in [-0.2, -0.15) is 0 Å². The number of nitrogens with one attached hydrogen (secondary N) is 1. The van der Waals surface area contributed by atoms with Crippen LogP contribution in [-0.4, -0.2) is 10.8 Å². The lowest BCUT2D eigenvalue weighted by Gasteiger charge is -2.00. The number of aromatic amines is 1. The second-order valence-corrected chi connectivity index (χ2v) is 6.58. The number of carbonyl (C=O) groups excluding carboxylic acids is 1. The molecule has 0 radical (unpaired) electrons. The molecule has 0 spiro atoms. The van der Waals surface area contributed by atoms with Crippen LogP contribution in [0.4, 0.5) is 0 Å². The lowest BCUT2D eigenvalue weighted by Crippen LogP contribution is -1.98. The Labute approximate surface area is 121 Å². The second kappa shape index (κ2) is 4.32. The largest absolute Gasteiger partial charge is 0.360 e. The monoisotopic (exact) mass is 281 g/mol. The Morgan fingerprint density at radius 1 is 1.30 bits per heavy atom. The molecule has 3 aromatic rings. The van der Waals surface area contributed by atoms with E-state index in [1.807, 2.05) is 18.3 Å². The summed E-state index contributed by atoms with van der Waals surface area (Å²) in [6.45, 7) is 2.06. The quantitative estimate of drug-likeness (QED) is 0.700. The maximum absolute atomic E-state index is 12.8. The van der Waals surface area contributed by atoms with Gasteiger partial charge in [0.15, 0.2) is 0 Å². The fourth-order valence-corrected chi connectivity index (χ4v) is 4.33. The lowest BCUT2D eigenvalue weighted by atomic mass is 10.0. The predicted molar refractivity (Wildman–Crippen MR) is 82.8 cm³/mol. The van der Waals surface area contributed by atoms with Gasteiger partial charge in [-0.05, 0) is 49.4 Å². The number of benzene rings is 1. The van der Waals surface area contributed by atoms with Gasteiger partial charge in [0.05, 0.1) is 4.88 Å². The third kappa shape index (κ3) is 1.66. The van der Waals surface area contributed by atoms with Gasteiger partial charge >= 0.3 is 0 Å². The Bertz CT molecular complexity index is 803. The zero-order valence-corrected chi connectivity index (χ0v) is 12.1. The van der Waals surface area contributed by atoms with Crippen molar-refractivity contribution < 1.29 is 4.79 Å². The van der Waals surface area contributed by atoms with Crippen molar-refractivity contribution in [2.75, 3.05) is 0 Å². The van der Waals surface area contributed by atoms with E-state index in [-0.39, 0.29) is 5.78 Å². The average molecular weight is 281 g/mol. The molecule has 2 heterocycles. The Morgan fingerprint density at radius 3 is 3.05 bits per heavy atom. The summed E-state index contributed by atoms with van der Waals surface area (Å²) in [5.74, 6) is 0.157. The van der Waals surface area contributed by atoms with Crippen LogP contribution in [-0.2, 0) is 12.8 Å². The Hall–Kier alpha value is -1.87. The number of carbonyl (C=O) groups is 1. The minimum absolute atomic E-state index is 0.157. The van der Waals surface area contributed by atoms with Gasteiger partial charge in [-0.25, -0.2) is 0 Å². The molecule has 2 aromatic heterocycles. The van der Waals surface area contributed by atoms with Gasteiger partial charge < -0.3 is 4.98 Å². The highest BCUT2D eigenvalue weighted by atomic mass is 32.1. The number of aromatic nitrogens is 1. The summed E-state index contributed by atoms with van der Waals surface area (Å²) < 4.78 is 0. The van der Waals surface area contributed by atoms with E-state index in [1.54, 1.807) is 11.3 Å². The summed E-state index contributed by atoms with van der Waals surface area (Å²) in [5, 5.41) is 1.06. The van der Waals surface area contributed by atoms with Crippen LogP contribution in [0.1, 0.15) is 37.7 Å².